The van der Waals surface area contributed by atoms with Gasteiger partial charge in [-0.15, -0.1) is 0 Å². The lowest BCUT2D eigenvalue weighted by molar-refractivity contribution is -0.138. The Labute approximate surface area is 777 Å². The second-order valence-electron chi connectivity index (χ2n) is 31.8. The van der Waals surface area contributed by atoms with Crippen molar-refractivity contribution in [3.8, 4) is 51.6 Å². The highest BCUT2D eigenvalue weighted by Gasteiger charge is 2.33. The topological polar surface area (TPSA) is 280 Å². The van der Waals surface area contributed by atoms with E-state index in [1.54, 1.807) is 41.5 Å². The Bertz CT molecular complexity index is 5370. The molecular formula is C105H108F9N9O12. The molecule has 12 rings (SSSR count). The van der Waals surface area contributed by atoms with Gasteiger partial charge in [0.25, 0.3) is 0 Å². The molecule has 0 aliphatic heterocycles. The van der Waals surface area contributed by atoms with Crippen molar-refractivity contribution in [2.45, 2.75) is 157 Å². The zero-order valence-corrected chi connectivity index (χ0v) is 76.2. The molecular weight excluding hydrogens is 1750 g/mol. The molecule has 6 N–H and O–H groups in total. The molecule has 0 saturated carbocycles. The van der Waals surface area contributed by atoms with Gasteiger partial charge in [0.05, 0.1) is 53.6 Å². The fraction of sp³-hybridized carbons (Fsp3) is 0.286. The van der Waals surface area contributed by atoms with Crippen molar-refractivity contribution in [3.05, 3.63) is 356 Å². The fourth-order valence-corrected chi connectivity index (χ4v) is 13.9. The van der Waals surface area contributed by atoms with Crippen LogP contribution in [0.3, 0.4) is 0 Å². The number of nitrogens with one attached hydrogen (secondary N) is 6. The van der Waals surface area contributed by atoms with Gasteiger partial charge in [-0.25, -0.2) is 15.0 Å². The van der Waals surface area contributed by atoms with Crippen LogP contribution in [0.2, 0.25) is 0 Å². The van der Waals surface area contributed by atoms with E-state index in [1.807, 2.05) is 185 Å². The van der Waals surface area contributed by atoms with E-state index in [0.29, 0.717) is 149 Å². The van der Waals surface area contributed by atoms with Gasteiger partial charge in [-0.2, -0.15) is 39.5 Å². The number of benzene rings is 9. The van der Waals surface area contributed by atoms with Gasteiger partial charge < -0.3 is 59.4 Å². The van der Waals surface area contributed by atoms with Crippen molar-refractivity contribution in [1.29, 1.82) is 0 Å². The van der Waals surface area contributed by atoms with Gasteiger partial charge in [0.2, 0.25) is 35.4 Å². The molecule has 3 aromatic heterocycles. The number of carbonyl (C=O) groups excluding carboxylic acids is 6. The Morgan fingerprint density at radius 1 is 0.333 bits per heavy atom. The van der Waals surface area contributed by atoms with Crippen LogP contribution in [0.15, 0.2) is 285 Å². The lowest BCUT2D eigenvalue weighted by atomic mass is 10.0. The predicted octanol–water partition coefficient (Wildman–Crippen LogP) is 21.3. The first-order valence-electron chi connectivity index (χ1n) is 44.0. The molecule has 135 heavy (non-hydrogen) atoms. The summed E-state index contributed by atoms with van der Waals surface area (Å²) in [7, 11) is 0. The SMILES string of the molecule is CCC(=O)NC[C@H](Cc1ccc(OCCc2nc(-c3ccccc3)oc2C)cc1)N/C(C)=C\C(=O)c1ccc(C(F)(F)F)cc1.CCC(=O)NC[C@H](Cc1ccc(OCCc2nc(-c3ccccc3)oc2C)cc1)N/C(C)=C\C(=O)c1ccc(C(F)(F)F)cc1.CCC(=O)NC[C@H](Cc1ccc(OCCc2nc(-c3ccccc3)oc2C)cc1)N/C(C)=C\C(=O)c1ccc(C(F)(F)F)cc1. The van der Waals surface area contributed by atoms with Gasteiger partial charge in [-0.3, -0.25) is 28.8 Å². The third kappa shape index (κ3) is 33.3. The van der Waals surface area contributed by atoms with Crippen LogP contribution in [0.4, 0.5) is 39.5 Å². The minimum Gasteiger partial charge on any atom is -0.493 e. The number of nitrogens with zero attached hydrogens (tertiary/aromatic N) is 3. The summed E-state index contributed by atoms with van der Waals surface area (Å²) in [4.78, 5) is 87.7. The molecule has 0 saturated heterocycles. The minimum atomic E-state index is -4.47. The molecule has 12 aromatic rings. The second-order valence-corrected chi connectivity index (χ2v) is 31.8. The highest BCUT2D eigenvalue weighted by atomic mass is 19.4. The number of ketones is 3. The molecule has 3 atom stereocenters. The number of amides is 3. The Kier molecular flexibility index (Phi) is 37.8. The van der Waals surface area contributed by atoms with Crippen LogP contribution in [0.1, 0.15) is 160 Å². The van der Waals surface area contributed by atoms with Crippen LogP contribution >= 0.6 is 0 Å². The Hall–Kier alpha value is -14.6. The van der Waals surface area contributed by atoms with E-state index in [4.69, 9.17) is 27.5 Å². The van der Waals surface area contributed by atoms with Crippen LogP contribution in [-0.2, 0) is 71.4 Å². The maximum Gasteiger partial charge on any atom is 0.416 e. The number of carbonyl (C=O) groups is 6. The summed E-state index contributed by atoms with van der Waals surface area (Å²) in [5.74, 6) is 4.52. The van der Waals surface area contributed by atoms with E-state index >= 15 is 0 Å². The smallest absolute Gasteiger partial charge is 0.416 e. The molecule has 0 aliphatic carbocycles. The summed E-state index contributed by atoms with van der Waals surface area (Å²) >= 11 is 0. The van der Waals surface area contributed by atoms with Crippen LogP contribution in [0.5, 0.6) is 17.2 Å². The van der Waals surface area contributed by atoms with E-state index in [9.17, 15) is 68.3 Å². The molecule has 30 heteroatoms. The minimum absolute atomic E-state index is 0.105. The first-order valence-corrected chi connectivity index (χ1v) is 44.0. The van der Waals surface area contributed by atoms with Gasteiger partial charge >= 0.3 is 18.5 Å². The lowest BCUT2D eigenvalue weighted by Crippen LogP contribution is -2.41. The number of halogens is 9. The Morgan fingerprint density at radius 3 is 0.778 bits per heavy atom. The van der Waals surface area contributed by atoms with Crippen molar-refractivity contribution in [1.82, 2.24) is 46.9 Å². The van der Waals surface area contributed by atoms with Gasteiger partial charge in [-0.05, 0) is 187 Å². The Balaban J connectivity index is 0.000000209. The predicted molar refractivity (Wildman–Crippen MR) is 497 cm³/mol. The van der Waals surface area contributed by atoms with Crippen molar-refractivity contribution in [2.75, 3.05) is 39.5 Å². The number of aromatic nitrogens is 3. The normalized spacial score (nSPS) is 12.4. The summed E-state index contributed by atoms with van der Waals surface area (Å²) in [5.41, 5.74) is 7.77. The van der Waals surface area contributed by atoms with Crippen LogP contribution in [-0.4, -0.2) is 108 Å². The maximum absolute atomic E-state index is 12.9. The summed E-state index contributed by atoms with van der Waals surface area (Å²) in [6.45, 7) is 18.2. The van der Waals surface area contributed by atoms with Crippen molar-refractivity contribution >= 4 is 35.1 Å². The highest BCUT2D eigenvalue weighted by Crippen LogP contribution is 2.34. The zero-order valence-electron chi connectivity index (χ0n) is 76.2. The number of allylic oxidation sites excluding steroid dienone is 6. The zero-order chi connectivity index (χ0) is 97.2. The number of ether oxygens (including phenoxy) is 3. The molecule has 3 heterocycles. The average Bonchev–Trinajstić information content (AvgIpc) is 1.76. The molecule has 21 nitrogen and oxygen atoms in total. The molecule has 0 spiro atoms. The molecule has 0 radical (unpaired) electrons. The van der Waals surface area contributed by atoms with Gasteiger partial charge in [-0.1, -0.05) is 148 Å². The van der Waals surface area contributed by atoms with Crippen molar-refractivity contribution in [3.63, 3.8) is 0 Å². The lowest BCUT2D eigenvalue weighted by Gasteiger charge is -2.21. The third-order valence-corrected chi connectivity index (χ3v) is 21.2. The number of rotatable bonds is 42. The largest absolute Gasteiger partial charge is 0.493 e. The third-order valence-electron chi connectivity index (χ3n) is 21.2. The second kappa shape index (κ2) is 49.8. The van der Waals surface area contributed by atoms with E-state index in [2.05, 4.69) is 46.9 Å². The summed E-state index contributed by atoms with van der Waals surface area (Å²) < 4.78 is 151. The first-order chi connectivity index (χ1) is 64.5. The highest BCUT2D eigenvalue weighted by molar-refractivity contribution is 6.06. The first kappa shape index (κ1) is 103. The van der Waals surface area contributed by atoms with E-state index in [0.717, 1.165) is 141 Å². The summed E-state index contributed by atoms with van der Waals surface area (Å²) in [5, 5.41) is 18.4. The average molecular weight is 1860 g/mol. The number of alkyl halides is 9. The number of oxazole rings is 3. The number of hydrogen-bond acceptors (Lipinski definition) is 18. The molecule has 708 valence electrons. The van der Waals surface area contributed by atoms with Crippen LogP contribution < -0.4 is 46.1 Å². The summed E-state index contributed by atoms with van der Waals surface area (Å²) in [6.07, 6.45) is -5.03. The van der Waals surface area contributed by atoms with Gasteiger partial charge in [0.15, 0.2) is 17.3 Å². The quantitative estimate of drug-likeness (QED) is 0.0118. The van der Waals surface area contributed by atoms with Crippen molar-refractivity contribution < 1.29 is 95.7 Å². The molecule has 0 fully saturated rings. The monoisotopic (exact) mass is 1860 g/mol. The van der Waals surface area contributed by atoms with Gasteiger partial charge in [0.1, 0.15) is 34.5 Å². The van der Waals surface area contributed by atoms with Crippen molar-refractivity contribution in [2.24, 2.45) is 0 Å². The van der Waals surface area contributed by atoms with E-state index in [1.165, 1.54) is 18.2 Å². The molecule has 9 aromatic carbocycles. The van der Waals surface area contributed by atoms with E-state index in [-0.39, 0.29) is 52.5 Å². The van der Waals surface area contributed by atoms with Crippen LogP contribution in [0, 0.1) is 20.8 Å². The Morgan fingerprint density at radius 2 is 0.563 bits per heavy atom. The maximum atomic E-state index is 12.9. The molecule has 0 unspecified atom stereocenters. The number of aryl methyl sites for hydroxylation is 3. The standard InChI is InChI=1S/3C35H36F3N3O4/c3*1-4-33(43)39-22-29(40-23(2)20-32(42)26-12-14-28(15-13-26)35(36,37)38)21-25-10-16-30(17-11-25)44-19-18-31-24(3)45-34(41-31)27-8-6-5-7-9-27/h3*5-17,20,29,40H,4,18-19,21-22H2,1-3H3,(H,39,43)/b3*23-20-/t3*29-/m000/s1. The molecule has 0 bridgehead atoms. The molecule has 0 aliphatic rings. The summed E-state index contributed by atoms with van der Waals surface area (Å²) in [6, 6.07) is 63.5. The molecule has 3 amide bonds. The van der Waals surface area contributed by atoms with Crippen LogP contribution in [0.25, 0.3) is 34.4 Å². The van der Waals surface area contributed by atoms with E-state index < -0.39 is 52.6 Å². The van der Waals surface area contributed by atoms with Gasteiger partial charge in [0, 0.05) is 145 Å². The fourth-order valence-electron chi connectivity index (χ4n) is 13.9. The number of hydrogen-bond donors (Lipinski definition) is 6.